The van der Waals surface area contributed by atoms with Crippen LogP contribution in [0.1, 0.15) is 11.5 Å². The van der Waals surface area contributed by atoms with Crippen LogP contribution in [0.2, 0.25) is 0 Å². The highest BCUT2D eigenvalue weighted by molar-refractivity contribution is 9.10. The van der Waals surface area contributed by atoms with E-state index in [1.807, 2.05) is 42.5 Å². The first-order chi connectivity index (χ1) is 10.2. The molecule has 0 aliphatic carbocycles. The van der Waals surface area contributed by atoms with Gasteiger partial charge in [0.05, 0.1) is 6.54 Å². The Morgan fingerprint density at radius 2 is 1.86 bits per heavy atom. The zero-order chi connectivity index (χ0) is 14.7. The van der Waals surface area contributed by atoms with Gasteiger partial charge < -0.3 is 9.73 Å². The van der Waals surface area contributed by atoms with Gasteiger partial charge in [-0.1, -0.05) is 30.3 Å². The third kappa shape index (κ3) is 3.13. The molecule has 106 valence electrons. The lowest BCUT2D eigenvalue weighted by Gasteiger charge is -2.07. The summed E-state index contributed by atoms with van der Waals surface area (Å²) in [6, 6.07) is 15.8. The van der Waals surface area contributed by atoms with Crippen LogP contribution in [0.3, 0.4) is 0 Å². The van der Waals surface area contributed by atoms with Gasteiger partial charge in [0, 0.05) is 15.7 Å². The zero-order valence-corrected chi connectivity index (χ0v) is 13.1. The van der Waals surface area contributed by atoms with Gasteiger partial charge >= 0.3 is 0 Å². The fraction of sp³-hybridized carbons (Fsp3) is 0.125. The summed E-state index contributed by atoms with van der Waals surface area (Å²) in [7, 11) is 0. The van der Waals surface area contributed by atoms with Crippen LogP contribution in [-0.2, 0) is 6.54 Å². The second-order valence-corrected chi connectivity index (χ2v) is 5.45. The first kappa shape index (κ1) is 13.8. The number of hydrogen-bond acceptors (Lipinski definition) is 4. The summed E-state index contributed by atoms with van der Waals surface area (Å²) in [6.45, 7) is 2.54. The molecule has 0 unspecified atom stereocenters. The minimum atomic E-state index is 0.488. The molecule has 0 bridgehead atoms. The van der Waals surface area contributed by atoms with E-state index in [9.17, 15) is 0 Å². The Bertz CT molecular complexity index is 740. The van der Waals surface area contributed by atoms with E-state index in [4.69, 9.17) is 4.42 Å². The lowest BCUT2D eigenvalue weighted by Crippen LogP contribution is -2.00. The Morgan fingerprint density at radius 3 is 2.67 bits per heavy atom. The average Bonchev–Trinajstić information content (AvgIpc) is 2.99. The van der Waals surface area contributed by atoms with Crippen molar-refractivity contribution in [2.75, 3.05) is 5.32 Å². The molecule has 1 aromatic heterocycles. The van der Waals surface area contributed by atoms with Crippen molar-refractivity contribution in [3.63, 3.8) is 0 Å². The van der Waals surface area contributed by atoms with Gasteiger partial charge in [-0.05, 0) is 46.6 Å². The van der Waals surface area contributed by atoms with Crippen LogP contribution in [0.25, 0.3) is 11.5 Å². The number of aromatic nitrogens is 2. The number of nitrogens with zero attached hydrogens (tertiary/aromatic N) is 2. The fourth-order valence-electron chi connectivity index (χ4n) is 1.98. The van der Waals surface area contributed by atoms with Gasteiger partial charge in [-0.15, -0.1) is 10.2 Å². The number of halogens is 1. The Labute approximate surface area is 131 Å². The third-order valence-electron chi connectivity index (χ3n) is 3.11. The summed E-state index contributed by atoms with van der Waals surface area (Å²) in [4.78, 5) is 0. The standard InChI is InChI=1S/C16H14BrN3O/c1-11-6-5-9-13(15(11)17)18-10-14-19-20-16(21-14)12-7-3-2-4-8-12/h2-9,18H,10H2,1H3. The molecule has 5 heteroatoms. The maximum absolute atomic E-state index is 5.66. The Balaban J connectivity index is 1.72. The van der Waals surface area contributed by atoms with E-state index >= 15 is 0 Å². The van der Waals surface area contributed by atoms with E-state index < -0.39 is 0 Å². The van der Waals surface area contributed by atoms with Crippen molar-refractivity contribution in [1.29, 1.82) is 0 Å². The summed E-state index contributed by atoms with van der Waals surface area (Å²) in [6.07, 6.45) is 0. The largest absolute Gasteiger partial charge is 0.419 e. The minimum absolute atomic E-state index is 0.488. The van der Waals surface area contributed by atoms with Crippen molar-refractivity contribution in [3.8, 4) is 11.5 Å². The maximum atomic E-state index is 5.66. The van der Waals surface area contributed by atoms with Crippen molar-refractivity contribution < 1.29 is 4.42 Å². The number of anilines is 1. The molecule has 0 aliphatic heterocycles. The molecule has 0 amide bonds. The molecule has 1 N–H and O–H groups in total. The molecular weight excluding hydrogens is 330 g/mol. The summed E-state index contributed by atoms with van der Waals surface area (Å²) in [5.41, 5.74) is 3.11. The van der Waals surface area contributed by atoms with Gasteiger partial charge in [0.2, 0.25) is 11.8 Å². The normalized spacial score (nSPS) is 10.6. The van der Waals surface area contributed by atoms with Crippen LogP contribution in [0.5, 0.6) is 0 Å². The van der Waals surface area contributed by atoms with Crippen LogP contribution in [0.4, 0.5) is 5.69 Å². The molecule has 0 saturated carbocycles. The SMILES string of the molecule is Cc1cccc(NCc2nnc(-c3ccccc3)o2)c1Br. The second-order valence-electron chi connectivity index (χ2n) is 4.66. The molecule has 0 saturated heterocycles. The van der Waals surface area contributed by atoms with Crippen molar-refractivity contribution >= 4 is 21.6 Å². The molecule has 3 aromatic rings. The summed E-state index contributed by atoms with van der Waals surface area (Å²) < 4.78 is 6.71. The second kappa shape index (κ2) is 6.10. The monoisotopic (exact) mass is 343 g/mol. The van der Waals surface area contributed by atoms with E-state index in [1.54, 1.807) is 0 Å². The van der Waals surface area contributed by atoms with Crippen molar-refractivity contribution in [2.24, 2.45) is 0 Å². The van der Waals surface area contributed by atoms with Crippen LogP contribution in [-0.4, -0.2) is 10.2 Å². The average molecular weight is 344 g/mol. The topological polar surface area (TPSA) is 51.0 Å². The predicted octanol–water partition coefficient (Wildman–Crippen LogP) is 4.42. The van der Waals surface area contributed by atoms with Crippen molar-refractivity contribution in [1.82, 2.24) is 10.2 Å². The number of aryl methyl sites for hydroxylation is 1. The number of rotatable bonds is 4. The quantitative estimate of drug-likeness (QED) is 0.761. The van der Waals surface area contributed by atoms with Crippen LogP contribution in [0, 0.1) is 6.92 Å². The highest BCUT2D eigenvalue weighted by atomic mass is 79.9. The number of nitrogens with one attached hydrogen (secondary N) is 1. The molecule has 0 aliphatic rings. The van der Waals surface area contributed by atoms with E-state index in [2.05, 4.69) is 44.4 Å². The molecule has 0 radical (unpaired) electrons. The van der Waals surface area contributed by atoms with E-state index in [-0.39, 0.29) is 0 Å². The molecule has 3 rings (SSSR count). The number of benzene rings is 2. The lowest BCUT2D eigenvalue weighted by atomic mass is 10.2. The van der Waals surface area contributed by atoms with Gasteiger partial charge in [0.25, 0.3) is 0 Å². The Hall–Kier alpha value is -2.14. The third-order valence-corrected chi connectivity index (χ3v) is 4.16. The fourth-order valence-corrected chi connectivity index (χ4v) is 2.38. The molecule has 4 nitrogen and oxygen atoms in total. The van der Waals surface area contributed by atoms with Crippen LogP contribution >= 0.6 is 15.9 Å². The van der Waals surface area contributed by atoms with Crippen LogP contribution < -0.4 is 5.32 Å². The first-order valence-corrected chi connectivity index (χ1v) is 7.40. The molecule has 0 atom stereocenters. The summed E-state index contributed by atoms with van der Waals surface area (Å²) >= 11 is 3.57. The minimum Gasteiger partial charge on any atom is -0.419 e. The molecular formula is C16H14BrN3O. The summed E-state index contributed by atoms with van der Waals surface area (Å²) in [5, 5.41) is 11.4. The highest BCUT2D eigenvalue weighted by Crippen LogP contribution is 2.26. The van der Waals surface area contributed by atoms with Crippen molar-refractivity contribution in [2.45, 2.75) is 13.5 Å². The van der Waals surface area contributed by atoms with Crippen LogP contribution in [0.15, 0.2) is 57.4 Å². The first-order valence-electron chi connectivity index (χ1n) is 6.61. The van der Waals surface area contributed by atoms with E-state index in [0.29, 0.717) is 18.3 Å². The molecule has 0 spiro atoms. The Morgan fingerprint density at radius 1 is 1.05 bits per heavy atom. The van der Waals surface area contributed by atoms with Gasteiger partial charge in [0.15, 0.2) is 0 Å². The Kier molecular flexibility index (Phi) is 4.01. The van der Waals surface area contributed by atoms with Gasteiger partial charge in [-0.2, -0.15) is 0 Å². The zero-order valence-electron chi connectivity index (χ0n) is 11.5. The van der Waals surface area contributed by atoms with E-state index in [1.165, 1.54) is 5.56 Å². The number of hydrogen-bond donors (Lipinski definition) is 1. The van der Waals surface area contributed by atoms with Gasteiger partial charge in [-0.3, -0.25) is 0 Å². The molecule has 1 heterocycles. The maximum Gasteiger partial charge on any atom is 0.247 e. The molecule has 0 fully saturated rings. The smallest absolute Gasteiger partial charge is 0.247 e. The summed E-state index contributed by atoms with van der Waals surface area (Å²) in [5.74, 6) is 1.10. The molecule has 21 heavy (non-hydrogen) atoms. The van der Waals surface area contributed by atoms with Gasteiger partial charge in [0.1, 0.15) is 0 Å². The molecule has 2 aromatic carbocycles. The van der Waals surface area contributed by atoms with Crippen molar-refractivity contribution in [3.05, 3.63) is 64.5 Å². The van der Waals surface area contributed by atoms with Gasteiger partial charge in [-0.25, -0.2) is 0 Å². The lowest BCUT2D eigenvalue weighted by molar-refractivity contribution is 0.515. The predicted molar refractivity (Wildman–Crippen MR) is 85.9 cm³/mol. The highest BCUT2D eigenvalue weighted by Gasteiger charge is 2.09. The van der Waals surface area contributed by atoms with E-state index in [0.717, 1.165) is 15.7 Å².